The number of fused-ring (bicyclic) bond motifs is 1. The molecule has 4 N–H and O–H groups in total. The lowest BCUT2D eigenvalue weighted by atomic mass is 10.2. The van der Waals surface area contributed by atoms with Crippen molar-refractivity contribution in [2.75, 3.05) is 0 Å². The Bertz CT molecular complexity index is 1190. The molecule has 1 amide bonds. The first kappa shape index (κ1) is 15.6. The molecule has 8 heteroatoms. The number of aromatic nitrogens is 4. The second-order valence-electron chi connectivity index (χ2n) is 5.58. The number of carbonyl (C=O) groups excluding carboxylic acids is 1. The fourth-order valence-corrected chi connectivity index (χ4v) is 2.76. The molecule has 0 aliphatic carbocycles. The number of amides is 1. The van der Waals surface area contributed by atoms with Crippen molar-refractivity contribution in [3.63, 3.8) is 0 Å². The molecule has 0 atom stereocenters. The largest absolute Gasteiger partial charge is 0.507 e. The van der Waals surface area contributed by atoms with E-state index in [0.29, 0.717) is 11.3 Å². The number of carbonyl (C=O) groups is 1. The minimum absolute atomic E-state index is 0.0496. The standard InChI is InChI=1S/C18H13N5O3/c19-15(25)13-14-17(22-16(20-13)11-8-4-5-9-12(11)24)23(18(26)21-14)10-6-2-1-3-7-10/h1-9,24H,(H2,19,25)(H,21,26). The first-order valence-corrected chi connectivity index (χ1v) is 7.72. The van der Waals surface area contributed by atoms with Gasteiger partial charge < -0.3 is 15.8 Å². The van der Waals surface area contributed by atoms with Crippen LogP contribution in [0.2, 0.25) is 0 Å². The van der Waals surface area contributed by atoms with Gasteiger partial charge in [-0.25, -0.2) is 19.3 Å². The maximum Gasteiger partial charge on any atom is 0.332 e. The average Bonchev–Trinajstić information content (AvgIpc) is 2.97. The summed E-state index contributed by atoms with van der Waals surface area (Å²) in [5, 5.41) is 10.1. The summed E-state index contributed by atoms with van der Waals surface area (Å²) in [6, 6.07) is 15.3. The van der Waals surface area contributed by atoms with Crippen LogP contribution in [0.3, 0.4) is 0 Å². The molecule has 0 bridgehead atoms. The Hall–Kier alpha value is -3.94. The predicted molar refractivity (Wildman–Crippen MR) is 95.1 cm³/mol. The Labute approximate surface area is 146 Å². The first-order valence-electron chi connectivity index (χ1n) is 7.72. The van der Waals surface area contributed by atoms with E-state index in [1.54, 1.807) is 42.5 Å². The minimum Gasteiger partial charge on any atom is -0.507 e. The summed E-state index contributed by atoms with van der Waals surface area (Å²) < 4.78 is 1.33. The molecule has 0 saturated carbocycles. The normalized spacial score (nSPS) is 10.9. The maximum atomic E-state index is 12.5. The second-order valence-corrected chi connectivity index (χ2v) is 5.58. The maximum absolute atomic E-state index is 12.5. The van der Waals surface area contributed by atoms with Crippen LogP contribution < -0.4 is 11.4 Å². The number of rotatable bonds is 3. The van der Waals surface area contributed by atoms with E-state index in [-0.39, 0.29) is 28.4 Å². The summed E-state index contributed by atoms with van der Waals surface area (Å²) in [4.78, 5) is 35.5. The molecule has 0 saturated heterocycles. The highest BCUT2D eigenvalue weighted by Crippen LogP contribution is 2.28. The molecule has 2 aromatic carbocycles. The summed E-state index contributed by atoms with van der Waals surface area (Å²) in [7, 11) is 0. The van der Waals surface area contributed by atoms with Crippen LogP contribution in [0.25, 0.3) is 28.2 Å². The molecule has 128 valence electrons. The van der Waals surface area contributed by atoms with E-state index in [1.165, 1.54) is 10.6 Å². The van der Waals surface area contributed by atoms with E-state index in [4.69, 9.17) is 5.73 Å². The number of phenols is 1. The van der Waals surface area contributed by atoms with E-state index >= 15 is 0 Å². The van der Waals surface area contributed by atoms with Crippen molar-refractivity contribution in [1.29, 1.82) is 0 Å². The quantitative estimate of drug-likeness (QED) is 0.518. The number of nitrogens with zero attached hydrogens (tertiary/aromatic N) is 3. The van der Waals surface area contributed by atoms with Crippen molar-refractivity contribution >= 4 is 17.1 Å². The monoisotopic (exact) mass is 347 g/mol. The number of imidazole rings is 1. The highest BCUT2D eigenvalue weighted by molar-refractivity contribution is 6.02. The summed E-state index contributed by atoms with van der Waals surface area (Å²) in [5.74, 6) is -0.768. The van der Waals surface area contributed by atoms with Gasteiger partial charge in [-0.2, -0.15) is 0 Å². The van der Waals surface area contributed by atoms with E-state index in [1.807, 2.05) is 6.07 Å². The van der Waals surface area contributed by atoms with Gasteiger partial charge in [0.2, 0.25) is 0 Å². The molecule has 0 unspecified atom stereocenters. The van der Waals surface area contributed by atoms with Crippen molar-refractivity contribution in [3.8, 4) is 22.8 Å². The van der Waals surface area contributed by atoms with Gasteiger partial charge in [-0.1, -0.05) is 30.3 Å². The molecule has 4 aromatic rings. The lowest BCUT2D eigenvalue weighted by Gasteiger charge is -2.07. The zero-order chi connectivity index (χ0) is 18.3. The Morgan fingerprint density at radius 2 is 1.73 bits per heavy atom. The number of phenolic OH excluding ortho intramolecular Hbond substituents is 1. The Morgan fingerprint density at radius 3 is 2.42 bits per heavy atom. The van der Waals surface area contributed by atoms with Crippen LogP contribution in [0.15, 0.2) is 59.4 Å². The summed E-state index contributed by atoms with van der Waals surface area (Å²) in [5.41, 5.74) is 6.08. The van der Waals surface area contributed by atoms with Crippen molar-refractivity contribution in [1.82, 2.24) is 19.5 Å². The van der Waals surface area contributed by atoms with Gasteiger partial charge in [0.25, 0.3) is 5.91 Å². The lowest BCUT2D eigenvalue weighted by Crippen LogP contribution is -2.15. The molecular formula is C18H13N5O3. The highest BCUT2D eigenvalue weighted by atomic mass is 16.3. The van der Waals surface area contributed by atoms with Crippen LogP contribution in [0.5, 0.6) is 5.75 Å². The molecule has 2 heterocycles. The molecule has 0 aliphatic rings. The topological polar surface area (TPSA) is 127 Å². The SMILES string of the molecule is NC(=O)c1nc(-c2ccccc2O)nc2c1[nH]c(=O)n2-c1ccccc1. The molecule has 26 heavy (non-hydrogen) atoms. The molecule has 0 fully saturated rings. The van der Waals surface area contributed by atoms with Crippen LogP contribution in [-0.4, -0.2) is 30.5 Å². The van der Waals surface area contributed by atoms with Crippen LogP contribution in [0, 0.1) is 0 Å². The van der Waals surface area contributed by atoms with Crippen LogP contribution >= 0.6 is 0 Å². The van der Waals surface area contributed by atoms with Crippen LogP contribution in [-0.2, 0) is 0 Å². The molecule has 8 nitrogen and oxygen atoms in total. The predicted octanol–water partition coefficient (Wildman–Crippen LogP) is 1.58. The highest BCUT2D eigenvalue weighted by Gasteiger charge is 2.20. The molecule has 0 radical (unpaired) electrons. The van der Waals surface area contributed by atoms with Crippen molar-refractivity contribution < 1.29 is 9.90 Å². The third-order valence-electron chi connectivity index (χ3n) is 3.93. The van der Waals surface area contributed by atoms with E-state index in [0.717, 1.165) is 0 Å². The van der Waals surface area contributed by atoms with Crippen molar-refractivity contribution in [2.24, 2.45) is 5.73 Å². The number of aromatic hydroxyl groups is 1. The number of primary amides is 1. The van der Waals surface area contributed by atoms with Gasteiger partial charge in [-0.05, 0) is 24.3 Å². The third-order valence-corrected chi connectivity index (χ3v) is 3.93. The number of nitrogens with one attached hydrogen (secondary N) is 1. The van der Waals surface area contributed by atoms with E-state index in [2.05, 4.69) is 15.0 Å². The minimum atomic E-state index is -0.810. The lowest BCUT2D eigenvalue weighted by molar-refractivity contribution is 0.0997. The van der Waals surface area contributed by atoms with Crippen LogP contribution in [0.1, 0.15) is 10.5 Å². The number of hydrogen-bond donors (Lipinski definition) is 3. The molecule has 0 spiro atoms. The number of benzene rings is 2. The second kappa shape index (κ2) is 5.85. The Balaban J connectivity index is 2.10. The smallest absolute Gasteiger partial charge is 0.332 e. The Kier molecular flexibility index (Phi) is 3.51. The zero-order valence-corrected chi connectivity index (χ0v) is 13.4. The molecule has 4 rings (SSSR count). The third kappa shape index (κ3) is 2.40. The van der Waals surface area contributed by atoms with Crippen LogP contribution in [0.4, 0.5) is 0 Å². The number of aromatic amines is 1. The van der Waals surface area contributed by atoms with Gasteiger partial charge in [0.15, 0.2) is 17.2 Å². The molecule has 0 aliphatic heterocycles. The average molecular weight is 347 g/mol. The number of para-hydroxylation sites is 2. The van der Waals surface area contributed by atoms with Gasteiger partial charge in [-0.15, -0.1) is 0 Å². The van der Waals surface area contributed by atoms with Gasteiger partial charge in [0.1, 0.15) is 11.3 Å². The zero-order valence-electron chi connectivity index (χ0n) is 13.4. The first-order chi connectivity index (χ1) is 12.6. The van der Waals surface area contributed by atoms with Gasteiger partial charge >= 0.3 is 5.69 Å². The summed E-state index contributed by atoms with van der Waals surface area (Å²) in [6.07, 6.45) is 0. The van der Waals surface area contributed by atoms with Gasteiger partial charge in [0.05, 0.1) is 11.3 Å². The Morgan fingerprint density at radius 1 is 1.04 bits per heavy atom. The summed E-state index contributed by atoms with van der Waals surface area (Å²) >= 11 is 0. The fraction of sp³-hybridized carbons (Fsp3) is 0. The van der Waals surface area contributed by atoms with Crippen molar-refractivity contribution in [3.05, 3.63) is 70.8 Å². The molecule has 2 aromatic heterocycles. The number of hydrogen-bond acceptors (Lipinski definition) is 5. The van der Waals surface area contributed by atoms with Crippen molar-refractivity contribution in [2.45, 2.75) is 0 Å². The van der Waals surface area contributed by atoms with E-state index in [9.17, 15) is 14.7 Å². The van der Waals surface area contributed by atoms with Gasteiger partial charge in [-0.3, -0.25) is 4.79 Å². The van der Waals surface area contributed by atoms with E-state index < -0.39 is 11.6 Å². The number of nitrogens with two attached hydrogens (primary N) is 1. The molecular weight excluding hydrogens is 334 g/mol. The fourth-order valence-electron chi connectivity index (χ4n) is 2.76. The summed E-state index contributed by atoms with van der Waals surface area (Å²) in [6.45, 7) is 0. The number of H-pyrrole nitrogens is 1. The van der Waals surface area contributed by atoms with Gasteiger partial charge in [0, 0.05) is 0 Å².